The molecule has 0 heterocycles. The Balaban J connectivity index is 1.48. The van der Waals surface area contributed by atoms with Crippen molar-refractivity contribution in [2.45, 2.75) is 129 Å². The van der Waals surface area contributed by atoms with Crippen LogP contribution >= 0.6 is 0 Å². The van der Waals surface area contributed by atoms with Gasteiger partial charge in [0.1, 0.15) is 18.5 Å². The second-order valence-corrected chi connectivity index (χ2v) is 18.2. The molecule has 8 heteroatoms. The van der Waals surface area contributed by atoms with Gasteiger partial charge in [0.05, 0.1) is 6.61 Å². The highest BCUT2D eigenvalue weighted by Gasteiger charge is 2.48. The van der Waals surface area contributed by atoms with E-state index in [2.05, 4.69) is 33.8 Å². The summed E-state index contributed by atoms with van der Waals surface area (Å²) in [6.07, 6.45) is 8.43. The molecule has 0 spiro atoms. The Morgan fingerprint density at radius 1 is 0.872 bits per heavy atom. The standard InChI is InChI=1S/C39H58O7Si/c1-6-11-13-20-32(45-39(41)42-7-2)22-23-33-34-24-30-19-16-21-36(43-28-38(40)44-27-29-17-14-12-15-18-29)35(30)25-31(34)26-37(33)46-47(8-3,9-4)10-5/h12,14-19,21,31-34,37H,6-11,13,20,22-28H2,1-5H3/t31-,32-,33+,34-,37+/m0/s1. The smallest absolute Gasteiger partial charge is 0.482 e. The first-order valence-corrected chi connectivity index (χ1v) is 20.8. The molecule has 2 aliphatic carbocycles. The lowest BCUT2D eigenvalue weighted by Gasteiger charge is -2.36. The Morgan fingerprint density at radius 3 is 2.34 bits per heavy atom. The monoisotopic (exact) mass is 666 g/mol. The number of unbranched alkanes of at least 4 members (excludes halogenated alkanes) is 2. The summed E-state index contributed by atoms with van der Waals surface area (Å²) < 4.78 is 29.9. The number of rotatable bonds is 19. The van der Waals surface area contributed by atoms with Gasteiger partial charge in [-0.05, 0) is 111 Å². The van der Waals surface area contributed by atoms with Gasteiger partial charge in [-0.2, -0.15) is 0 Å². The molecule has 2 aliphatic rings. The quantitative estimate of drug-likeness (QED) is 0.0839. The zero-order valence-electron chi connectivity index (χ0n) is 29.5. The molecule has 0 N–H and O–H groups in total. The molecule has 0 radical (unpaired) electrons. The molecular weight excluding hydrogens is 609 g/mol. The third-order valence-electron chi connectivity index (χ3n) is 10.7. The molecule has 0 amide bonds. The molecule has 1 saturated carbocycles. The molecule has 0 saturated heterocycles. The van der Waals surface area contributed by atoms with Gasteiger partial charge in [0, 0.05) is 6.10 Å². The Labute approximate surface area is 284 Å². The molecule has 7 nitrogen and oxygen atoms in total. The van der Waals surface area contributed by atoms with Crippen LogP contribution in [0, 0.1) is 17.8 Å². The van der Waals surface area contributed by atoms with Crippen molar-refractivity contribution in [1.82, 2.24) is 0 Å². The van der Waals surface area contributed by atoms with Crippen LogP contribution in [0.3, 0.4) is 0 Å². The first kappa shape index (κ1) is 37.0. The molecule has 2 aromatic carbocycles. The van der Waals surface area contributed by atoms with E-state index in [1.54, 1.807) is 0 Å². The Kier molecular flexibility index (Phi) is 14.7. The molecule has 260 valence electrons. The number of carbonyl (C=O) groups excluding carboxylic acids is 2. The molecule has 0 unspecified atom stereocenters. The maximum absolute atomic E-state index is 12.6. The van der Waals surface area contributed by atoms with Crippen LogP contribution in [-0.4, -0.2) is 45.9 Å². The van der Waals surface area contributed by atoms with E-state index < -0.39 is 14.5 Å². The van der Waals surface area contributed by atoms with E-state index in [9.17, 15) is 9.59 Å². The van der Waals surface area contributed by atoms with Gasteiger partial charge in [-0.3, -0.25) is 0 Å². The summed E-state index contributed by atoms with van der Waals surface area (Å²) in [5, 5.41) is 0. The van der Waals surface area contributed by atoms with Crippen LogP contribution < -0.4 is 4.74 Å². The number of esters is 1. The van der Waals surface area contributed by atoms with Gasteiger partial charge in [0.2, 0.25) is 0 Å². The van der Waals surface area contributed by atoms with Crippen molar-refractivity contribution in [3.8, 4) is 5.75 Å². The molecule has 0 bridgehead atoms. The Hall–Kier alpha value is -2.84. The first-order valence-electron chi connectivity index (χ1n) is 18.3. The van der Waals surface area contributed by atoms with Crippen molar-refractivity contribution in [3.05, 3.63) is 65.2 Å². The van der Waals surface area contributed by atoms with E-state index in [1.807, 2.05) is 49.4 Å². The van der Waals surface area contributed by atoms with Crippen LogP contribution in [0.1, 0.15) is 96.3 Å². The van der Waals surface area contributed by atoms with Crippen LogP contribution in [-0.2, 0) is 42.9 Å². The average Bonchev–Trinajstić information content (AvgIpc) is 3.42. The molecule has 47 heavy (non-hydrogen) atoms. The Morgan fingerprint density at radius 2 is 1.64 bits per heavy atom. The molecular formula is C39H58O7Si. The lowest BCUT2D eigenvalue weighted by Crippen LogP contribution is -2.42. The number of ether oxygens (including phenoxy) is 4. The third-order valence-corrected chi connectivity index (χ3v) is 15.4. The van der Waals surface area contributed by atoms with E-state index in [0.29, 0.717) is 24.4 Å². The molecule has 2 aromatic rings. The van der Waals surface area contributed by atoms with Gasteiger partial charge in [0.25, 0.3) is 0 Å². The van der Waals surface area contributed by atoms with Gasteiger partial charge >= 0.3 is 12.1 Å². The zero-order chi connectivity index (χ0) is 33.6. The lowest BCUT2D eigenvalue weighted by atomic mass is 9.73. The van der Waals surface area contributed by atoms with Gasteiger partial charge in [-0.1, -0.05) is 83.0 Å². The fourth-order valence-corrected chi connectivity index (χ4v) is 10.7. The van der Waals surface area contributed by atoms with Gasteiger partial charge in [-0.15, -0.1) is 0 Å². The molecule has 0 aliphatic heterocycles. The summed E-state index contributed by atoms with van der Waals surface area (Å²) in [7, 11) is -1.84. The van der Waals surface area contributed by atoms with Gasteiger partial charge in [-0.25, -0.2) is 9.59 Å². The van der Waals surface area contributed by atoms with Crippen molar-refractivity contribution in [2.24, 2.45) is 17.8 Å². The van der Waals surface area contributed by atoms with Crippen molar-refractivity contribution in [3.63, 3.8) is 0 Å². The number of benzene rings is 2. The topological polar surface area (TPSA) is 80.3 Å². The number of hydrogen-bond acceptors (Lipinski definition) is 7. The largest absolute Gasteiger partial charge is 0.508 e. The highest BCUT2D eigenvalue weighted by Crippen LogP contribution is 2.50. The van der Waals surface area contributed by atoms with E-state index in [-0.39, 0.29) is 31.4 Å². The maximum atomic E-state index is 12.6. The molecule has 4 rings (SSSR count). The highest BCUT2D eigenvalue weighted by molar-refractivity contribution is 6.73. The SMILES string of the molecule is CCCCC[C@@H](CC[C@@H]1[C@H]2Cc3cccc(OCC(=O)OCc4ccccc4)c3C[C@H]2C[C@H]1O[Si](CC)(CC)CC)OC(=O)OCC. The van der Waals surface area contributed by atoms with Crippen molar-refractivity contribution in [1.29, 1.82) is 0 Å². The second-order valence-electron chi connectivity index (χ2n) is 13.5. The number of hydrogen-bond donors (Lipinski definition) is 0. The fraction of sp³-hybridized carbons (Fsp3) is 0.641. The number of carbonyl (C=O) groups is 2. The summed E-state index contributed by atoms with van der Waals surface area (Å²) in [5.41, 5.74) is 3.48. The summed E-state index contributed by atoms with van der Waals surface area (Å²) in [5.74, 6) is 1.80. The lowest BCUT2D eigenvalue weighted by molar-refractivity contribution is -0.147. The summed E-state index contributed by atoms with van der Waals surface area (Å²) >= 11 is 0. The van der Waals surface area contributed by atoms with Crippen molar-refractivity contribution < 1.29 is 33.0 Å². The zero-order valence-corrected chi connectivity index (χ0v) is 30.5. The highest BCUT2D eigenvalue weighted by atomic mass is 28.4. The summed E-state index contributed by atoms with van der Waals surface area (Å²) in [4.78, 5) is 24.9. The van der Waals surface area contributed by atoms with E-state index in [0.717, 1.165) is 87.2 Å². The average molecular weight is 667 g/mol. The predicted octanol–water partition coefficient (Wildman–Crippen LogP) is 9.45. The van der Waals surface area contributed by atoms with Crippen LogP contribution in [0.2, 0.25) is 18.1 Å². The van der Waals surface area contributed by atoms with Crippen molar-refractivity contribution >= 4 is 20.4 Å². The van der Waals surface area contributed by atoms with Crippen LogP contribution in [0.15, 0.2) is 48.5 Å². The molecule has 5 atom stereocenters. The predicted molar refractivity (Wildman–Crippen MR) is 188 cm³/mol. The number of fused-ring (bicyclic) bond motifs is 2. The first-order chi connectivity index (χ1) is 22.8. The van der Waals surface area contributed by atoms with E-state index >= 15 is 0 Å². The molecule has 0 aromatic heterocycles. The fourth-order valence-electron chi connectivity index (χ4n) is 7.83. The minimum Gasteiger partial charge on any atom is -0.482 e. The third kappa shape index (κ3) is 10.3. The van der Waals surface area contributed by atoms with E-state index in [1.165, 1.54) is 11.1 Å². The van der Waals surface area contributed by atoms with Crippen molar-refractivity contribution in [2.75, 3.05) is 13.2 Å². The van der Waals surface area contributed by atoms with Crippen LogP contribution in [0.5, 0.6) is 5.75 Å². The van der Waals surface area contributed by atoms with Gasteiger partial charge in [0.15, 0.2) is 14.9 Å². The van der Waals surface area contributed by atoms with Gasteiger partial charge < -0.3 is 23.4 Å². The minimum absolute atomic E-state index is 0.108. The van der Waals surface area contributed by atoms with Crippen LogP contribution in [0.4, 0.5) is 4.79 Å². The second kappa shape index (κ2) is 18.6. The maximum Gasteiger partial charge on any atom is 0.508 e. The minimum atomic E-state index is -1.84. The normalized spacial score (nSPS) is 21.0. The summed E-state index contributed by atoms with van der Waals surface area (Å²) in [6, 6.07) is 19.3. The van der Waals surface area contributed by atoms with Crippen LogP contribution in [0.25, 0.3) is 0 Å². The Bertz CT molecular complexity index is 1240. The van der Waals surface area contributed by atoms with E-state index in [4.69, 9.17) is 23.4 Å². The molecule has 1 fully saturated rings. The summed E-state index contributed by atoms with van der Waals surface area (Å²) in [6.45, 7) is 11.4.